The van der Waals surface area contributed by atoms with Crippen molar-refractivity contribution < 1.29 is 15.3 Å². The van der Waals surface area contributed by atoms with Crippen LogP contribution in [0.3, 0.4) is 0 Å². The van der Waals surface area contributed by atoms with Gasteiger partial charge in [0, 0.05) is 6.61 Å². The molecular weight excluding hydrogens is 204 g/mol. The van der Waals surface area contributed by atoms with Gasteiger partial charge in [0.25, 0.3) is 0 Å². The molecule has 1 aliphatic rings. The smallest absolute Gasteiger partial charge is 0.0692 e. The van der Waals surface area contributed by atoms with E-state index in [0.29, 0.717) is 6.42 Å². The molecule has 0 saturated heterocycles. The molecule has 0 bridgehead atoms. The van der Waals surface area contributed by atoms with Crippen LogP contribution < -0.4 is 0 Å². The van der Waals surface area contributed by atoms with Crippen molar-refractivity contribution in [3.05, 3.63) is 12.2 Å². The third kappa shape index (κ3) is 3.30. The molecule has 0 spiro atoms. The van der Waals surface area contributed by atoms with Crippen LogP contribution in [0.4, 0.5) is 0 Å². The molecule has 1 rings (SSSR count). The fraction of sp³-hybridized carbons (Fsp3) is 0.846. The van der Waals surface area contributed by atoms with Gasteiger partial charge in [-0.15, -0.1) is 0 Å². The quantitative estimate of drug-likeness (QED) is 0.639. The minimum absolute atomic E-state index is 0.0313. The molecule has 4 unspecified atom stereocenters. The average molecular weight is 228 g/mol. The summed E-state index contributed by atoms with van der Waals surface area (Å²) in [7, 11) is 0. The zero-order valence-corrected chi connectivity index (χ0v) is 10.4. The molecule has 0 amide bonds. The first-order chi connectivity index (χ1) is 7.36. The van der Waals surface area contributed by atoms with Crippen molar-refractivity contribution >= 4 is 0 Å². The van der Waals surface area contributed by atoms with Gasteiger partial charge in [0.1, 0.15) is 0 Å². The molecule has 0 aromatic rings. The van der Waals surface area contributed by atoms with Crippen molar-refractivity contribution in [1.29, 1.82) is 0 Å². The molecule has 4 atom stereocenters. The second-order valence-corrected chi connectivity index (χ2v) is 5.68. The SMILES string of the molecule is CC(O)C=CC1C(CO)CC(O)CC1(C)C. The summed E-state index contributed by atoms with van der Waals surface area (Å²) in [5.41, 5.74) is -0.0313. The molecular formula is C13H24O3. The maximum atomic E-state index is 9.76. The van der Waals surface area contributed by atoms with Gasteiger partial charge in [0.05, 0.1) is 12.2 Å². The lowest BCUT2D eigenvalue weighted by Gasteiger charge is -2.44. The maximum absolute atomic E-state index is 9.76. The molecule has 0 aliphatic heterocycles. The summed E-state index contributed by atoms with van der Waals surface area (Å²) in [4.78, 5) is 0. The highest BCUT2D eigenvalue weighted by Crippen LogP contribution is 2.44. The Morgan fingerprint density at radius 2 is 2.06 bits per heavy atom. The van der Waals surface area contributed by atoms with Gasteiger partial charge >= 0.3 is 0 Å². The van der Waals surface area contributed by atoms with Crippen LogP contribution in [0.15, 0.2) is 12.2 Å². The van der Waals surface area contributed by atoms with Gasteiger partial charge in [-0.25, -0.2) is 0 Å². The van der Waals surface area contributed by atoms with Crippen LogP contribution >= 0.6 is 0 Å². The van der Waals surface area contributed by atoms with Crippen molar-refractivity contribution in [1.82, 2.24) is 0 Å². The average Bonchev–Trinajstić information content (AvgIpc) is 2.13. The third-order valence-electron chi connectivity index (χ3n) is 3.58. The molecule has 16 heavy (non-hydrogen) atoms. The van der Waals surface area contributed by atoms with E-state index in [1.165, 1.54) is 0 Å². The van der Waals surface area contributed by atoms with E-state index in [9.17, 15) is 15.3 Å². The molecule has 0 radical (unpaired) electrons. The van der Waals surface area contributed by atoms with Crippen molar-refractivity contribution in [2.45, 2.75) is 45.8 Å². The number of hydrogen-bond donors (Lipinski definition) is 3. The Morgan fingerprint density at radius 1 is 1.44 bits per heavy atom. The van der Waals surface area contributed by atoms with Crippen LogP contribution in [0.25, 0.3) is 0 Å². The number of rotatable bonds is 3. The topological polar surface area (TPSA) is 60.7 Å². The zero-order valence-electron chi connectivity index (χ0n) is 10.4. The molecule has 0 aromatic heterocycles. The Balaban J connectivity index is 2.82. The van der Waals surface area contributed by atoms with E-state index in [4.69, 9.17) is 0 Å². The molecule has 1 fully saturated rings. The molecule has 0 heterocycles. The van der Waals surface area contributed by atoms with Crippen molar-refractivity contribution in [2.24, 2.45) is 17.3 Å². The number of aliphatic hydroxyl groups is 3. The van der Waals surface area contributed by atoms with Crippen LogP contribution in [0.2, 0.25) is 0 Å². The fourth-order valence-electron chi connectivity index (χ4n) is 2.85. The van der Waals surface area contributed by atoms with E-state index in [0.717, 1.165) is 6.42 Å². The lowest BCUT2D eigenvalue weighted by Crippen LogP contribution is -2.41. The third-order valence-corrected chi connectivity index (χ3v) is 3.58. The first-order valence-corrected chi connectivity index (χ1v) is 6.02. The van der Waals surface area contributed by atoms with Crippen molar-refractivity contribution in [3.8, 4) is 0 Å². The summed E-state index contributed by atoms with van der Waals surface area (Å²) in [6, 6.07) is 0. The van der Waals surface area contributed by atoms with E-state index in [1.54, 1.807) is 13.0 Å². The van der Waals surface area contributed by atoms with E-state index in [1.807, 2.05) is 6.08 Å². The Hall–Kier alpha value is -0.380. The standard InChI is InChI=1S/C13H24O3/c1-9(15)4-5-12-10(8-14)6-11(16)7-13(12,2)3/h4-5,9-12,14-16H,6-8H2,1-3H3. The largest absolute Gasteiger partial charge is 0.396 e. The zero-order chi connectivity index (χ0) is 12.3. The van der Waals surface area contributed by atoms with Gasteiger partial charge in [0.2, 0.25) is 0 Å². The van der Waals surface area contributed by atoms with Crippen LogP contribution in [0, 0.1) is 17.3 Å². The summed E-state index contributed by atoms with van der Waals surface area (Å²) in [6.45, 7) is 6.02. The normalized spacial score (nSPS) is 36.5. The second-order valence-electron chi connectivity index (χ2n) is 5.68. The minimum atomic E-state index is -0.456. The lowest BCUT2D eigenvalue weighted by atomic mass is 9.63. The maximum Gasteiger partial charge on any atom is 0.0692 e. The molecule has 3 N–H and O–H groups in total. The Bertz CT molecular complexity index is 246. The predicted octanol–water partition coefficient (Wildman–Crippen LogP) is 1.33. The van der Waals surface area contributed by atoms with E-state index in [2.05, 4.69) is 13.8 Å². The first kappa shape index (κ1) is 13.7. The number of aliphatic hydroxyl groups excluding tert-OH is 3. The molecule has 3 nitrogen and oxygen atoms in total. The van der Waals surface area contributed by atoms with Crippen molar-refractivity contribution in [3.63, 3.8) is 0 Å². The predicted molar refractivity (Wildman–Crippen MR) is 63.9 cm³/mol. The highest BCUT2D eigenvalue weighted by Gasteiger charge is 2.40. The Kier molecular flexibility index (Phi) is 4.53. The van der Waals surface area contributed by atoms with Gasteiger partial charge in [-0.3, -0.25) is 0 Å². The molecule has 0 aromatic carbocycles. The molecule has 3 heteroatoms. The first-order valence-electron chi connectivity index (χ1n) is 6.02. The van der Waals surface area contributed by atoms with E-state index in [-0.39, 0.29) is 30.0 Å². The minimum Gasteiger partial charge on any atom is -0.396 e. The van der Waals surface area contributed by atoms with Gasteiger partial charge < -0.3 is 15.3 Å². The van der Waals surface area contributed by atoms with Gasteiger partial charge in [0.15, 0.2) is 0 Å². The van der Waals surface area contributed by atoms with Crippen LogP contribution in [-0.2, 0) is 0 Å². The van der Waals surface area contributed by atoms with Gasteiger partial charge in [-0.05, 0) is 37.0 Å². The van der Waals surface area contributed by atoms with Gasteiger partial charge in [-0.1, -0.05) is 26.0 Å². The van der Waals surface area contributed by atoms with Crippen molar-refractivity contribution in [2.75, 3.05) is 6.61 Å². The second kappa shape index (κ2) is 5.30. The number of allylic oxidation sites excluding steroid dienone is 1. The number of hydrogen-bond acceptors (Lipinski definition) is 3. The highest BCUT2D eigenvalue weighted by molar-refractivity contribution is 5.03. The Morgan fingerprint density at radius 3 is 2.56 bits per heavy atom. The lowest BCUT2D eigenvalue weighted by molar-refractivity contribution is -0.0172. The highest BCUT2D eigenvalue weighted by atomic mass is 16.3. The monoisotopic (exact) mass is 228 g/mol. The molecule has 1 saturated carbocycles. The summed E-state index contributed by atoms with van der Waals surface area (Å²) in [6.07, 6.45) is 4.39. The van der Waals surface area contributed by atoms with Gasteiger partial charge in [-0.2, -0.15) is 0 Å². The summed E-state index contributed by atoms with van der Waals surface area (Å²) in [5.74, 6) is 0.309. The van der Waals surface area contributed by atoms with Crippen LogP contribution in [0.5, 0.6) is 0 Å². The Labute approximate surface area is 97.8 Å². The molecule has 1 aliphatic carbocycles. The van der Waals surface area contributed by atoms with Crippen LogP contribution in [-0.4, -0.2) is 34.1 Å². The molecule has 94 valence electrons. The summed E-state index contributed by atoms with van der Waals surface area (Å²) in [5, 5.41) is 28.4. The summed E-state index contributed by atoms with van der Waals surface area (Å²) < 4.78 is 0. The van der Waals surface area contributed by atoms with Crippen LogP contribution in [0.1, 0.15) is 33.6 Å². The summed E-state index contributed by atoms with van der Waals surface area (Å²) >= 11 is 0. The van der Waals surface area contributed by atoms with E-state index >= 15 is 0 Å². The van der Waals surface area contributed by atoms with E-state index < -0.39 is 6.10 Å². The fourth-order valence-corrected chi connectivity index (χ4v) is 2.85.